The molecule has 0 bridgehead atoms. The van der Waals surface area contributed by atoms with Crippen molar-refractivity contribution in [2.24, 2.45) is 17.8 Å². The summed E-state index contributed by atoms with van der Waals surface area (Å²) in [6.07, 6.45) is 13.8. The van der Waals surface area contributed by atoms with E-state index < -0.39 is 5.97 Å². The van der Waals surface area contributed by atoms with E-state index in [-0.39, 0.29) is 29.6 Å². The van der Waals surface area contributed by atoms with Crippen LogP contribution in [0.25, 0.3) is 0 Å². The van der Waals surface area contributed by atoms with Crippen molar-refractivity contribution in [3.8, 4) is 0 Å². The fourth-order valence-corrected chi connectivity index (χ4v) is 4.98. The summed E-state index contributed by atoms with van der Waals surface area (Å²) in [6, 6.07) is 0. The van der Waals surface area contributed by atoms with Gasteiger partial charge in [0.1, 0.15) is 0 Å². The Hall–Kier alpha value is -1.39. The molecule has 0 aromatic rings. The number of aliphatic hydroxyl groups excluding tert-OH is 1. The first-order valence-corrected chi connectivity index (χ1v) is 13.1. The number of ether oxygens (including phenoxy) is 1. The Labute approximate surface area is 202 Å². The first-order chi connectivity index (χ1) is 15.4. The fourth-order valence-electron chi connectivity index (χ4n) is 4.98. The predicted octanol–water partition coefficient (Wildman–Crippen LogP) is 7.23. The summed E-state index contributed by atoms with van der Waals surface area (Å²) in [7, 11) is 0. The summed E-state index contributed by atoms with van der Waals surface area (Å²) in [4.78, 5) is 11.0. The molecule has 1 fully saturated rings. The van der Waals surface area contributed by atoms with Crippen LogP contribution in [0.3, 0.4) is 0 Å². The zero-order chi connectivity index (χ0) is 24.8. The topological polar surface area (TPSA) is 70.1 Å². The maximum atomic E-state index is 11.0. The summed E-state index contributed by atoms with van der Waals surface area (Å²) in [5.74, 6) is -0.0913. The maximum Gasteiger partial charge on any atom is 0.306 e. The summed E-state index contributed by atoms with van der Waals surface area (Å²) < 4.78 is 5.90. The molecule has 2 aliphatic rings. The van der Waals surface area contributed by atoms with E-state index in [0.29, 0.717) is 12.3 Å². The van der Waals surface area contributed by atoms with Gasteiger partial charge in [-0.15, -0.1) is 0 Å². The molecule has 0 spiro atoms. The molecule has 1 saturated heterocycles. The average molecular weight is 461 g/mol. The number of carbonyl (C=O) groups is 1. The van der Waals surface area contributed by atoms with Crippen LogP contribution >= 0.6 is 0 Å². The first kappa shape index (κ1) is 27.9. The van der Waals surface area contributed by atoms with Crippen LogP contribution in [-0.4, -0.2) is 34.0 Å². The summed E-state index contributed by atoms with van der Waals surface area (Å²) in [5, 5.41) is 19.3. The molecule has 1 aliphatic carbocycles. The highest BCUT2D eigenvalue weighted by atomic mass is 16.6. The Bertz CT molecular complexity index is 762. The Morgan fingerprint density at radius 3 is 2.61 bits per heavy atom. The standard InChI is InChI=1S/C29H48O4/c1-19(12-9-17-29(7)27(33-29)16-14-21(3)28(31)32)10-8-11-20(2)13-15-25-18-26(30)24(6)22(4)23(25)5/h10,18,20-21,24,26-27,30H,8-9,11-17H2,1-7H3,(H,31,32)/b19-10+. The van der Waals surface area contributed by atoms with Gasteiger partial charge in [-0.05, 0) is 103 Å². The van der Waals surface area contributed by atoms with Gasteiger partial charge in [-0.25, -0.2) is 0 Å². The van der Waals surface area contributed by atoms with Crippen LogP contribution < -0.4 is 0 Å². The number of aliphatic hydroxyl groups is 1. The lowest BCUT2D eigenvalue weighted by molar-refractivity contribution is -0.141. The molecule has 2 rings (SSSR count). The Morgan fingerprint density at radius 1 is 1.24 bits per heavy atom. The van der Waals surface area contributed by atoms with Crippen LogP contribution in [-0.2, 0) is 9.53 Å². The fraction of sp³-hybridized carbons (Fsp3) is 0.759. The molecule has 6 atom stereocenters. The molecule has 0 saturated carbocycles. The Kier molecular flexibility index (Phi) is 10.4. The highest BCUT2D eigenvalue weighted by Gasteiger charge is 2.50. The van der Waals surface area contributed by atoms with Crippen LogP contribution in [0.1, 0.15) is 106 Å². The number of rotatable bonds is 14. The maximum absolute atomic E-state index is 11.0. The minimum atomic E-state index is -0.714. The molecule has 0 aromatic carbocycles. The molecule has 4 heteroatoms. The number of hydrogen-bond acceptors (Lipinski definition) is 3. The highest BCUT2D eigenvalue weighted by molar-refractivity contribution is 5.69. The zero-order valence-electron chi connectivity index (χ0n) is 22.1. The molecule has 2 N–H and O–H groups in total. The Morgan fingerprint density at radius 2 is 1.94 bits per heavy atom. The second kappa shape index (κ2) is 12.4. The van der Waals surface area contributed by atoms with Gasteiger partial charge in [-0.3, -0.25) is 4.79 Å². The second-order valence-electron chi connectivity index (χ2n) is 11.1. The third kappa shape index (κ3) is 8.40. The minimum Gasteiger partial charge on any atom is -0.481 e. The van der Waals surface area contributed by atoms with Crippen molar-refractivity contribution in [2.45, 2.75) is 124 Å². The summed E-state index contributed by atoms with van der Waals surface area (Å²) in [5.41, 5.74) is 5.46. The van der Waals surface area contributed by atoms with Gasteiger partial charge < -0.3 is 14.9 Å². The third-order valence-electron chi connectivity index (χ3n) is 8.26. The predicted molar refractivity (Wildman–Crippen MR) is 136 cm³/mol. The molecule has 0 amide bonds. The van der Waals surface area contributed by atoms with Crippen molar-refractivity contribution in [2.75, 3.05) is 0 Å². The second-order valence-corrected chi connectivity index (χ2v) is 11.1. The smallest absolute Gasteiger partial charge is 0.306 e. The molecule has 188 valence electrons. The molecular formula is C29H48O4. The van der Waals surface area contributed by atoms with Crippen molar-refractivity contribution in [3.05, 3.63) is 34.4 Å². The van der Waals surface area contributed by atoms with E-state index in [1.807, 2.05) is 0 Å². The number of epoxide rings is 1. The van der Waals surface area contributed by atoms with Gasteiger partial charge in [0.25, 0.3) is 0 Å². The van der Waals surface area contributed by atoms with Gasteiger partial charge in [0, 0.05) is 5.92 Å². The Balaban J connectivity index is 1.62. The van der Waals surface area contributed by atoms with E-state index in [9.17, 15) is 9.90 Å². The minimum absolute atomic E-state index is 0.0445. The molecule has 1 aliphatic heterocycles. The normalized spacial score (nSPS) is 29.6. The summed E-state index contributed by atoms with van der Waals surface area (Å²) >= 11 is 0. The number of carboxylic acid groups (broad SMARTS) is 1. The van der Waals surface area contributed by atoms with E-state index in [1.165, 1.54) is 35.1 Å². The van der Waals surface area contributed by atoms with Crippen molar-refractivity contribution in [3.63, 3.8) is 0 Å². The lowest BCUT2D eigenvalue weighted by Crippen LogP contribution is -2.22. The molecule has 1 heterocycles. The van der Waals surface area contributed by atoms with Gasteiger partial charge in [-0.2, -0.15) is 0 Å². The number of aliphatic carboxylic acids is 1. The highest BCUT2D eigenvalue weighted by Crippen LogP contribution is 2.44. The van der Waals surface area contributed by atoms with Crippen LogP contribution in [0.5, 0.6) is 0 Å². The molecule has 4 nitrogen and oxygen atoms in total. The van der Waals surface area contributed by atoms with Crippen LogP contribution in [0.4, 0.5) is 0 Å². The number of allylic oxidation sites excluding steroid dienone is 4. The first-order valence-electron chi connectivity index (χ1n) is 13.1. The van der Waals surface area contributed by atoms with E-state index in [1.54, 1.807) is 6.92 Å². The van der Waals surface area contributed by atoms with Crippen LogP contribution in [0, 0.1) is 17.8 Å². The number of carboxylic acids is 1. The van der Waals surface area contributed by atoms with Crippen molar-refractivity contribution in [1.29, 1.82) is 0 Å². The largest absolute Gasteiger partial charge is 0.481 e. The van der Waals surface area contributed by atoms with Crippen LogP contribution in [0.15, 0.2) is 34.4 Å². The lowest BCUT2D eigenvalue weighted by Gasteiger charge is -2.27. The molecule has 0 aromatic heterocycles. The van der Waals surface area contributed by atoms with Gasteiger partial charge in [-0.1, -0.05) is 44.1 Å². The van der Waals surface area contributed by atoms with E-state index in [0.717, 1.165) is 38.5 Å². The molecule has 33 heavy (non-hydrogen) atoms. The van der Waals surface area contributed by atoms with Gasteiger partial charge in [0.15, 0.2) is 0 Å². The van der Waals surface area contributed by atoms with Crippen molar-refractivity contribution in [1.82, 2.24) is 0 Å². The monoisotopic (exact) mass is 460 g/mol. The molecule has 6 unspecified atom stereocenters. The number of hydrogen-bond donors (Lipinski definition) is 2. The van der Waals surface area contributed by atoms with E-state index in [2.05, 4.69) is 53.7 Å². The zero-order valence-corrected chi connectivity index (χ0v) is 22.1. The third-order valence-corrected chi connectivity index (χ3v) is 8.26. The quantitative estimate of drug-likeness (QED) is 0.212. The SMILES string of the molecule is CC1=C(C)C(C)C(O)C=C1CCC(C)CC/C=C(\C)CCCC1(C)OC1CCC(C)C(=O)O. The van der Waals surface area contributed by atoms with Crippen molar-refractivity contribution < 1.29 is 19.7 Å². The summed E-state index contributed by atoms with van der Waals surface area (Å²) in [6.45, 7) is 15.0. The van der Waals surface area contributed by atoms with Gasteiger partial charge >= 0.3 is 5.97 Å². The van der Waals surface area contributed by atoms with Crippen LogP contribution in [0.2, 0.25) is 0 Å². The van der Waals surface area contributed by atoms with Gasteiger partial charge in [0.05, 0.1) is 23.7 Å². The average Bonchev–Trinajstić information content (AvgIpc) is 3.41. The van der Waals surface area contributed by atoms with E-state index >= 15 is 0 Å². The van der Waals surface area contributed by atoms with Crippen molar-refractivity contribution >= 4 is 5.97 Å². The lowest BCUT2D eigenvalue weighted by atomic mass is 9.81. The molecule has 0 radical (unpaired) electrons. The van der Waals surface area contributed by atoms with Gasteiger partial charge in [0.2, 0.25) is 0 Å². The van der Waals surface area contributed by atoms with E-state index in [4.69, 9.17) is 9.84 Å². The molecular weight excluding hydrogens is 412 g/mol.